The van der Waals surface area contributed by atoms with Crippen molar-refractivity contribution in [2.45, 2.75) is 31.5 Å². The van der Waals surface area contributed by atoms with Crippen LogP contribution in [0.4, 0.5) is 0 Å². The minimum atomic E-state index is -0.480. The first-order valence-electron chi connectivity index (χ1n) is 11.0. The van der Waals surface area contributed by atoms with Crippen LogP contribution in [0.5, 0.6) is 11.5 Å². The lowest BCUT2D eigenvalue weighted by Crippen LogP contribution is -3.07. The van der Waals surface area contributed by atoms with E-state index in [0.29, 0.717) is 26.3 Å². The van der Waals surface area contributed by atoms with Crippen molar-refractivity contribution in [3.8, 4) is 11.5 Å². The number of likely N-dealkylation sites (N-methyl/N-ethyl adjacent to an activating group) is 2. The van der Waals surface area contributed by atoms with Gasteiger partial charge in [-0.1, -0.05) is 38.1 Å². The fourth-order valence-corrected chi connectivity index (χ4v) is 3.55. The van der Waals surface area contributed by atoms with Gasteiger partial charge in [0.25, 0.3) is 0 Å². The number of benzene rings is 2. The average molecular weight is 433 g/mol. The van der Waals surface area contributed by atoms with Crippen LogP contribution < -0.4 is 19.3 Å². The van der Waals surface area contributed by atoms with Crippen LogP contribution in [0.25, 0.3) is 0 Å². The van der Waals surface area contributed by atoms with Gasteiger partial charge in [-0.05, 0) is 35.4 Å². The second-order valence-electron chi connectivity index (χ2n) is 9.43. The van der Waals surface area contributed by atoms with E-state index in [1.807, 2.05) is 52.5 Å². The molecule has 172 valence electrons. The first-order chi connectivity index (χ1) is 14.6. The Morgan fingerprint density at radius 2 is 1.00 bits per heavy atom. The van der Waals surface area contributed by atoms with E-state index in [0.717, 1.165) is 11.5 Å². The molecule has 0 unspecified atom stereocenters. The van der Waals surface area contributed by atoms with Gasteiger partial charge in [0.1, 0.15) is 50.0 Å². The molecular formula is C25H40N2O4+2. The number of nitrogens with one attached hydrogen (secondary N) is 2. The SMILES string of the molecule is C[NH+](C)C[C@H](O)COc1ccc(C(C)(C)c2ccc(OC[C@H](O)C[NH+](C)C)cc2)cc1. The number of rotatable bonds is 12. The Morgan fingerprint density at radius 1 is 0.677 bits per heavy atom. The van der Waals surface area contributed by atoms with E-state index in [1.54, 1.807) is 0 Å². The maximum absolute atomic E-state index is 9.97. The van der Waals surface area contributed by atoms with Gasteiger partial charge in [0.05, 0.1) is 28.2 Å². The summed E-state index contributed by atoms with van der Waals surface area (Å²) < 4.78 is 11.5. The third-order valence-electron chi connectivity index (χ3n) is 5.32. The van der Waals surface area contributed by atoms with Gasteiger partial charge < -0.3 is 29.5 Å². The van der Waals surface area contributed by atoms with Crippen molar-refractivity contribution in [2.75, 3.05) is 54.5 Å². The van der Waals surface area contributed by atoms with Crippen molar-refractivity contribution in [2.24, 2.45) is 0 Å². The highest BCUT2D eigenvalue weighted by Crippen LogP contribution is 2.33. The molecule has 2 aromatic rings. The van der Waals surface area contributed by atoms with Crippen LogP contribution in [-0.2, 0) is 5.41 Å². The molecule has 0 radical (unpaired) electrons. The van der Waals surface area contributed by atoms with Crippen LogP contribution in [0.3, 0.4) is 0 Å². The molecule has 0 aliphatic carbocycles. The fourth-order valence-electron chi connectivity index (χ4n) is 3.55. The molecular weight excluding hydrogens is 392 g/mol. The molecule has 0 aliphatic rings. The average Bonchev–Trinajstić information content (AvgIpc) is 2.70. The highest BCUT2D eigenvalue weighted by molar-refractivity contribution is 5.41. The van der Waals surface area contributed by atoms with Crippen LogP contribution in [0.1, 0.15) is 25.0 Å². The Balaban J connectivity index is 1.96. The zero-order valence-electron chi connectivity index (χ0n) is 19.8. The molecule has 2 rings (SSSR count). The summed E-state index contributed by atoms with van der Waals surface area (Å²) in [6, 6.07) is 16.1. The molecule has 0 bridgehead atoms. The third-order valence-corrected chi connectivity index (χ3v) is 5.32. The predicted molar refractivity (Wildman–Crippen MR) is 123 cm³/mol. The minimum Gasteiger partial charge on any atom is -0.491 e. The van der Waals surface area contributed by atoms with Crippen LogP contribution in [0.2, 0.25) is 0 Å². The van der Waals surface area contributed by atoms with Crippen molar-refractivity contribution >= 4 is 0 Å². The van der Waals surface area contributed by atoms with Crippen LogP contribution in [-0.4, -0.2) is 76.9 Å². The van der Waals surface area contributed by atoms with Crippen molar-refractivity contribution in [3.05, 3.63) is 59.7 Å². The molecule has 0 heterocycles. The topological polar surface area (TPSA) is 67.8 Å². The summed E-state index contributed by atoms with van der Waals surface area (Å²) in [5, 5.41) is 19.9. The van der Waals surface area contributed by atoms with Gasteiger partial charge in [-0.3, -0.25) is 0 Å². The summed E-state index contributed by atoms with van der Waals surface area (Å²) >= 11 is 0. The Hall–Kier alpha value is -2.12. The van der Waals surface area contributed by atoms with E-state index in [9.17, 15) is 10.2 Å². The second-order valence-corrected chi connectivity index (χ2v) is 9.43. The Morgan fingerprint density at radius 3 is 1.29 bits per heavy atom. The minimum absolute atomic E-state index is 0.182. The highest BCUT2D eigenvalue weighted by Gasteiger charge is 2.23. The van der Waals surface area contributed by atoms with Crippen molar-refractivity contribution in [1.82, 2.24) is 0 Å². The molecule has 2 aromatic carbocycles. The standard InChI is InChI=1S/C25H38N2O4/c1-25(2,19-7-11-23(12-8-19)30-17-21(28)15-26(3)4)20-9-13-24(14-10-20)31-18-22(29)16-27(5)6/h7-14,21-22,28-29H,15-18H2,1-6H3/p+2/t21-,22+. The highest BCUT2D eigenvalue weighted by atomic mass is 16.5. The Bertz CT molecular complexity index is 708. The molecule has 0 fully saturated rings. The molecule has 0 spiro atoms. The molecule has 2 atom stereocenters. The maximum atomic E-state index is 9.97. The normalized spacial score (nSPS) is 14.0. The molecule has 6 heteroatoms. The zero-order chi connectivity index (χ0) is 23.0. The fraction of sp³-hybridized carbons (Fsp3) is 0.520. The lowest BCUT2D eigenvalue weighted by atomic mass is 9.78. The van der Waals surface area contributed by atoms with Gasteiger partial charge in [0.15, 0.2) is 0 Å². The third kappa shape index (κ3) is 8.15. The molecule has 0 aliphatic heterocycles. The van der Waals surface area contributed by atoms with E-state index in [-0.39, 0.29) is 5.41 Å². The molecule has 0 saturated carbocycles. The van der Waals surface area contributed by atoms with Gasteiger partial charge >= 0.3 is 0 Å². The van der Waals surface area contributed by atoms with Gasteiger partial charge in [-0.2, -0.15) is 0 Å². The van der Waals surface area contributed by atoms with E-state index in [1.165, 1.54) is 20.9 Å². The lowest BCUT2D eigenvalue weighted by molar-refractivity contribution is -0.861. The largest absolute Gasteiger partial charge is 0.491 e. The van der Waals surface area contributed by atoms with Crippen molar-refractivity contribution in [1.29, 1.82) is 0 Å². The van der Waals surface area contributed by atoms with E-state index < -0.39 is 12.2 Å². The number of hydrogen-bond acceptors (Lipinski definition) is 4. The number of hydrogen-bond donors (Lipinski definition) is 4. The number of aliphatic hydroxyl groups excluding tert-OH is 2. The second kappa shape index (κ2) is 11.5. The maximum Gasteiger partial charge on any atom is 0.137 e. The Kier molecular flexibility index (Phi) is 9.32. The summed E-state index contributed by atoms with van der Waals surface area (Å²) in [6.45, 7) is 6.26. The summed E-state index contributed by atoms with van der Waals surface area (Å²) in [4.78, 5) is 2.38. The first kappa shape index (κ1) is 25.1. The van der Waals surface area contributed by atoms with E-state index in [2.05, 4.69) is 38.1 Å². The molecule has 0 amide bonds. The Labute approximate surface area is 187 Å². The summed E-state index contributed by atoms with van der Waals surface area (Å²) in [5.41, 5.74) is 2.17. The van der Waals surface area contributed by atoms with Gasteiger partial charge in [0, 0.05) is 5.41 Å². The predicted octanol–water partition coefficient (Wildman–Crippen LogP) is -0.219. The van der Waals surface area contributed by atoms with E-state index >= 15 is 0 Å². The number of aliphatic hydroxyl groups is 2. The molecule has 0 saturated heterocycles. The number of quaternary nitrogens is 2. The van der Waals surface area contributed by atoms with Crippen LogP contribution in [0.15, 0.2) is 48.5 Å². The van der Waals surface area contributed by atoms with Crippen molar-refractivity contribution < 1.29 is 29.5 Å². The van der Waals surface area contributed by atoms with Gasteiger partial charge in [-0.15, -0.1) is 0 Å². The molecule has 4 N–H and O–H groups in total. The summed E-state index contributed by atoms with van der Waals surface area (Å²) in [6.07, 6.45) is -0.959. The summed E-state index contributed by atoms with van der Waals surface area (Å²) in [7, 11) is 8.03. The van der Waals surface area contributed by atoms with Crippen molar-refractivity contribution in [3.63, 3.8) is 0 Å². The van der Waals surface area contributed by atoms with E-state index in [4.69, 9.17) is 9.47 Å². The van der Waals surface area contributed by atoms with Crippen LogP contribution in [0, 0.1) is 0 Å². The lowest BCUT2D eigenvalue weighted by Gasteiger charge is -2.26. The van der Waals surface area contributed by atoms with Crippen LogP contribution >= 0.6 is 0 Å². The zero-order valence-corrected chi connectivity index (χ0v) is 19.8. The quantitative estimate of drug-likeness (QED) is 0.375. The first-order valence-corrected chi connectivity index (χ1v) is 11.0. The monoisotopic (exact) mass is 432 g/mol. The molecule has 0 aromatic heterocycles. The van der Waals surface area contributed by atoms with Gasteiger partial charge in [0.2, 0.25) is 0 Å². The molecule has 6 nitrogen and oxygen atoms in total. The molecule has 31 heavy (non-hydrogen) atoms. The van der Waals surface area contributed by atoms with Gasteiger partial charge in [-0.25, -0.2) is 0 Å². The number of ether oxygens (including phenoxy) is 2. The summed E-state index contributed by atoms with van der Waals surface area (Å²) in [5.74, 6) is 1.52. The smallest absolute Gasteiger partial charge is 0.137 e.